The number of aromatic nitrogens is 1. The van der Waals surface area contributed by atoms with Crippen LogP contribution in [-0.2, 0) is 16.6 Å². The fourth-order valence-electron chi connectivity index (χ4n) is 4.21. The molecule has 0 N–H and O–H groups in total. The summed E-state index contributed by atoms with van der Waals surface area (Å²) in [7, 11) is -3.20. The van der Waals surface area contributed by atoms with E-state index < -0.39 is 10.0 Å². The molecule has 2 saturated heterocycles. The van der Waals surface area contributed by atoms with Gasteiger partial charge in [-0.2, -0.15) is 0 Å². The fourth-order valence-corrected chi connectivity index (χ4v) is 6.15. The standard InChI is InChI=1S/C21H27BrN4O2S/c1-16-12-17(2)21(23-14-16)25-9-7-24(8-10-25)15-18-4-5-19(22)13-20(18)26-6-3-11-29(26,27)28/h4-5,12-14H,3,6-11,15H2,1-2H3. The number of rotatable bonds is 4. The molecular weight excluding hydrogens is 452 g/mol. The molecule has 2 aliphatic rings. The van der Waals surface area contributed by atoms with E-state index in [0.717, 1.165) is 54.3 Å². The predicted octanol–water partition coefficient (Wildman–Crippen LogP) is 3.32. The van der Waals surface area contributed by atoms with Crippen LogP contribution in [0.5, 0.6) is 0 Å². The number of hydrogen-bond donors (Lipinski definition) is 0. The van der Waals surface area contributed by atoms with Crippen LogP contribution in [0.3, 0.4) is 0 Å². The van der Waals surface area contributed by atoms with Crippen LogP contribution in [0.2, 0.25) is 0 Å². The minimum Gasteiger partial charge on any atom is -0.354 e. The first-order valence-corrected chi connectivity index (χ1v) is 12.4. The Bertz CT molecular complexity index is 1000. The lowest BCUT2D eigenvalue weighted by atomic mass is 10.1. The second-order valence-corrected chi connectivity index (χ2v) is 10.9. The Morgan fingerprint density at radius 2 is 1.83 bits per heavy atom. The van der Waals surface area contributed by atoms with Crippen molar-refractivity contribution in [2.24, 2.45) is 0 Å². The molecule has 0 saturated carbocycles. The first-order valence-electron chi connectivity index (χ1n) is 10.0. The van der Waals surface area contributed by atoms with Crippen molar-refractivity contribution in [1.82, 2.24) is 9.88 Å². The monoisotopic (exact) mass is 478 g/mol. The van der Waals surface area contributed by atoms with E-state index in [0.29, 0.717) is 13.0 Å². The Labute approximate surface area is 181 Å². The summed E-state index contributed by atoms with van der Waals surface area (Å²) in [6.45, 7) is 9.20. The zero-order valence-electron chi connectivity index (χ0n) is 16.9. The van der Waals surface area contributed by atoms with E-state index in [4.69, 9.17) is 0 Å². The second kappa shape index (κ2) is 8.24. The van der Waals surface area contributed by atoms with Gasteiger partial charge in [-0.05, 0) is 49.1 Å². The molecular formula is C21H27BrN4O2S. The molecule has 6 nitrogen and oxygen atoms in total. The van der Waals surface area contributed by atoms with Crippen molar-refractivity contribution < 1.29 is 8.42 Å². The third kappa shape index (κ3) is 4.44. The minimum atomic E-state index is -3.20. The normalized spacial score (nSPS) is 19.7. The number of hydrogen-bond acceptors (Lipinski definition) is 5. The summed E-state index contributed by atoms with van der Waals surface area (Å²) < 4.78 is 27.4. The molecule has 0 spiro atoms. The zero-order chi connectivity index (χ0) is 20.6. The van der Waals surface area contributed by atoms with Crippen LogP contribution < -0.4 is 9.21 Å². The van der Waals surface area contributed by atoms with Gasteiger partial charge in [0.1, 0.15) is 5.82 Å². The molecule has 0 aliphatic carbocycles. The maximum absolute atomic E-state index is 12.5. The summed E-state index contributed by atoms with van der Waals surface area (Å²) in [6, 6.07) is 8.16. The van der Waals surface area contributed by atoms with E-state index >= 15 is 0 Å². The molecule has 29 heavy (non-hydrogen) atoms. The Hall–Kier alpha value is -1.64. The van der Waals surface area contributed by atoms with Gasteiger partial charge >= 0.3 is 0 Å². The number of piperazine rings is 1. The summed E-state index contributed by atoms with van der Waals surface area (Å²) in [4.78, 5) is 9.38. The molecule has 156 valence electrons. The van der Waals surface area contributed by atoms with Gasteiger partial charge in [0, 0.05) is 49.9 Å². The van der Waals surface area contributed by atoms with Crippen molar-refractivity contribution in [2.45, 2.75) is 26.8 Å². The molecule has 0 atom stereocenters. The number of nitrogens with zero attached hydrogens (tertiary/aromatic N) is 4. The summed E-state index contributed by atoms with van der Waals surface area (Å²) in [5.74, 6) is 1.31. The van der Waals surface area contributed by atoms with Crippen LogP contribution in [0.1, 0.15) is 23.1 Å². The van der Waals surface area contributed by atoms with Crippen molar-refractivity contribution in [3.05, 3.63) is 51.6 Å². The van der Waals surface area contributed by atoms with Gasteiger partial charge in [0.15, 0.2) is 0 Å². The van der Waals surface area contributed by atoms with Gasteiger partial charge in [-0.15, -0.1) is 0 Å². The predicted molar refractivity (Wildman–Crippen MR) is 121 cm³/mol. The highest BCUT2D eigenvalue weighted by atomic mass is 79.9. The lowest BCUT2D eigenvalue weighted by Crippen LogP contribution is -2.46. The quantitative estimate of drug-likeness (QED) is 0.674. The first-order chi connectivity index (χ1) is 13.8. The van der Waals surface area contributed by atoms with Crippen molar-refractivity contribution in [2.75, 3.05) is 47.7 Å². The molecule has 0 bridgehead atoms. The first kappa shape index (κ1) is 20.6. The van der Waals surface area contributed by atoms with E-state index in [1.54, 1.807) is 4.31 Å². The van der Waals surface area contributed by atoms with E-state index in [9.17, 15) is 8.42 Å². The highest BCUT2D eigenvalue weighted by molar-refractivity contribution is 9.10. The fraction of sp³-hybridized carbons (Fsp3) is 0.476. The van der Waals surface area contributed by atoms with Gasteiger partial charge in [-0.25, -0.2) is 13.4 Å². The number of pyridine rings is 1. The Kier molecular flexibility index (Phi) is 5.86. The van der Waals surface area contributed by atoms with Crippen LogP contribution in [0.25, 0.3) is 0 Å². The Morgan fingerprint density at radius 3 is 2.48 bits per heavy atom. The third-order valence-corrected chi connectivity index (χ3v) is 8.02. The van der Waals surface area contributed by atoms with Crippen LogP contribution >= 0.6 is 15.9 Å². The van der Waals surface area contributed by atoms with Gasteiger partial charge in [-0.3, -0.25) is 9.21 Å². The highest BCUT2D eigenvalue weighted by Crippen LogP contribution is 2.32. The SMILES string of the molecule is Cc1cnc(N2CCN(Cc3ccc(Br)cc3N3CCCS3(=O)=O)CC2)c(C)c1. The van der Waals surface area contributed by atoms with Gasteiger partial charge in [0.2, 0.25) is 10.0 Å². The van der Waals surface area contributed by atoms with Gasteiger partial charge in [0.25, 0.3) is 0 Å². The summed E-state index contributed by atoms with van der Waals surface area (Å²) >= 11 is 3.50. The summed E-state index contributed by atoms with van der Waals surface area (Å²) in [6.07, 6.45) is 2.62. The van der Waals surface area contributed by atoms with Crippen molar-refractivity contribution in [3.63, 3.8) is 0 Å². The topological polar surface area (TPSA) is 56.8 Å². The lowest BCUT2D eigenvalue weighted by molar-refractivity contribution is 0.249. The van der Waals surface area contributed by atoms with Gasteiger partial charge in [-0.1, -0.05) is 28.1 Å². The largest absolute Gasteiger partial charge is 0.354 e. The van der Waals surface area contributed by atoms with E-state index in [-0.39, 0.29) is 5.75 Å². The molecule has 3 heterocycles. The maximum atomic E-state index is 12.5. The average Bonchev–Trinajstić information content (AvgIpc) is 3.03. The van der Waals surface area contributed by atoms with Crippen molar-refractivity contribution in [1.29, 1.82) is 0 Å². The third-order valence-electron chi connectivity index (χ3n) is 5.67. The highest BCUT2D eigenvalue weighted by Gasteiger charge is 2.30. The van der Waals surface area contributed by atoms with Crippen molar-refractivity contribution >= 4 is 37.5 Å². The number of aryl methyl sites for hydroxylation is 2. The minimum absolute atomic E-state index is 0.237. The lowest BCUT2D eigenvalue weighted by Gasteiger charge is -2.36. The molecule has 1 aromatic heterocycles. The Morgan fingerprint density at radius 1 is 1.07 bits per heavy atom. The second-order valence-electron chi connectivity index (χ2n) is 7.93. The molecule has 1 aromatic carbocycles. The number of benzene rings is 1. The molecule has 0 radical (unpaired) electrons. The van der Waals surface area contributed by atoms with Gasteiger partial charge < -0.3 is 4.90 Å². The number of anilines is 2. The van der Waals surface area contributed by atoms with Crippen LogP contribution in [0, 0.1) is 13.8 Å². The molecule has 0 amide bonds. The summed E-state index contributed by atoms with van der Waals surface area (Å²) in [5.41, 5.74) is 4.28. The van der Waals surface area contributed by atoms with Crippen LogP contribution in [0.4, 0.5) is 11.5 Å². The molecule has 0 unspecified atom stereocenters. The molecule has 2 aromatic rings. The summed E-state index contributed by atoms with van der Waals surface area (Å²) in [5, 5.41) is 0. The molecule has 2 fully saturated rings. The number of sulfonamides is 1. The zero-order valence-corrected chi connectivity index (χ0v) is 19.3. The molecule has 8 heteroatoms. The Balaban J connectivity index is 1.47. The van der Waals surface area contributed by atoms with Crippen LogP contribution in [-0.4, -0.2) is 56.8 Å². The van der Waals surface area contributed by atoms with E-state index in [1.807, 2.05) is 24.4 Å². The van der Waals surface area contributed by atoms with E-state index in [1.165, 1.54) is 11.1 Å². The van der Waals surface area contributed by atoms with Crippen molar-refractivity contribution in [3.8, 4) is 0 Å². The average molecular weight is 479 g/mol. The molecule has 2 aliphatic heterocycles. The van der Waals surface area contributed by atoms with E-state index in [2.05, 4.69) is 50.6 Å². The molecule has 4 rings (SSSR count). The van der Waals surface area contributed by atoms with Crippen LogP contribution in [0.15, 0.2) is 34.9 Å². The smallest absolute Gasteiger partial charge is 0.235 e. The maximum Gasteiger partial charge on any atom is 0.235 e. The van der Waals surface area contributed by atoms with Gasteiger partial charge in [0.05, 0.1) is 11.4 Å². The number of halogens is 1.